The first-order chi connectivity index (χ1) is 9.35. The van der Waals surface area contributed by atoms with E-state index in [1.807, 2.05) is 20.2 Å². The molecule has 112 valence electrons. The van der Waals surface area contributed by atoms with Crippen LogP contribution in [0.5, 0.6) is 0 Å². The largest absolute Gasteiger partial charge is 0.481 e. The molecule has 1 rings (SSSR count). The summed E-state index contributed by atoms with van der Waals surface area (Å²) >= 11 is 0. The number of aryl methyl sites for hydroxylation is 2. The van der Waals surface area contributed by atoms with Gasteiger partial charge >= 0.3 is 12.0 Å². The second-order valence-electron chi connectivity index (χ2n) is 4.91. The lowest BCUT2D eigenvalue weighted by Crippen LogP contribution is -2.40. The third-order valence-electron chi connectivity index (χ3n) is 3.07. The molecule has 7 heteroatoms. The Morgan fingerprint density at radius 1 is 1.55 bits per heavy atom. The van der Waals surface area contributed by atoms with Crippen molar-refractivity contribution in [1.29, 1.82) is 0 Å². The third-order valence-corrected chi connectivity index (χ3v) is 3.07. The standard InChI is InChI=1S/C13H22N4O3/c1-5-11-10(8-17(4)15-11)6-14-13(20)16(3)7-9(2)12(18)19/h8-9H,5-7H2,1-4H3,(H,14,20)(H,18,19). The molecular weight excluding hydrogens is 260 g/mol. The lowest BCUT2D eigenvalue weighted by Gasteiger charge is -2.19. The van der Waals surface area contributed by atoms with Crippen molar-refractivity contribution >= 4 is 12.0 Å². The van der Waals surface area contributed by atoms with Crippen LogP contribution in [-0.4, -0.2) is 45.4 Å². The van der Waals surface area contributed by atoms with Crippen molar-refractivity contribution < 1.29 is 14.7 Å². The van der Waals surface area contributed by atoms with Crippen LogP contribution in [0, 0.1) is 5.92 Å². The predicted octanol–water partition coefficient (Wildman–Crippen LogP) is 0.845. The molecule has 0 saturated carbocycles. The van der Waals surface area contributed by atoms with Gasteiger partial charge in [-0.3, -0.25) is 9.48 Å². The summed E-state index contributed by atoms with van der Waals surface area (Å²) < 4.78 is 1.72. The molecule has 1 unspecified atom stereocenters. The minimum atomic E-state index is -0.912. The normalized spacial score (nSPS) is 12.0. The van der Waals surface area contributed by atoms with Gasteiger partial charge in [-0.15, -0.1) is 0 Å². The zero-order chi connectivity index (χ0) is 15.3. The molecule has 0 aliphatic carbocycles. The molecule has 7 nitrogen and oxygen atoms in total. The molecule has 2 amide bonds. The number of hydrogen-bond donors (Lipinski definition) is 2. The SMILES string of the molecule is CCc1nn(C)cc1CNC(=O)N(C)CC(C)C(=O)O. The van der Waals surface area contributed by atoms with E-state index in [1.165, 1.54) is 4.90 Å². The Morgan fingerprint density at radius 3 is 2.75 bits per heavy atom. The van der Waals surface area contributed by atoms with Gasteiger partial charge < -0.3 is 15.3 Å². The average Bonchev–Trinajstić information content (AvgIpc) is 2.75. The lowest BCUT2D eigenvalue weighted by molar-refractivity contribution is -0.141. The molecule has 0 aliphatic heterocycles. The first-order valence-corrected chi connectivity index (χ1v) is 6.58. The van der Waals surface area contributed by atoms with Crippen LogP contribution in [0.2, 0.25) is 0 Å². The summed E-state index contributed by atoms with van der Waals surface area (Å²) in [4.78, 5) is 24.0. The van der Waals surface area contributed by atoms with Crippen LogP contribution in [0.15, 0.2) is 6.20 Å². The first-order valence-electron chi connectivity index (χ1n) is 6.58. The molecular formula is C13H22N4O3. The van der Waals surface area contributed by atoms with Crippen LogP contribution in [0.25, 0.3) is 0 Å². The summed E-state index contributed by atoms with van der Waals surface area (Å²) in [6.07, 6.45) is 2.68. The van der Waals surface area contributed by atoms with Gasteiger partial charge in [0.25, 0.3) is 0 Å². The fourth-order valence-electron chi connectivity index (χ4n) is 1.91. The molecule has 0 aliphatic rings. The molecule has 0 fully saturated rings. The van der Waals surface area contributed by atoms with Crippen LogP contribution in [0.4, 0.5) is 4.79 Å². The summed E-state index contributed by atoms with van der Waals surface area (Å²) in [5.74, 6) is -1.50. The number of rotatable bonds is 6. The van der Waals surface area contributed by atoms with Gasteiger partial charge in [-0.2, -0.15) is 5.10 Å². The van der Waals surface area contributed by atoms with Crippen LogP contribution in [-0.2, 0) is 24.8 Å². The van der Waals surface area contributed by atoms with Crippen LogP contribution in [0.1, 0.15) is 25.1 Å². The number of carbonyl (C=O) groups excluding carboxylic acids is 1. The summed E-state index contributed by atoms with van der Waals surface area (Å²) in [6, 6.07) is -0.288. The zero-order valence-electron chi connectivity index (χ0n) is 12.4. The summed E-state index contributed by atoms with van der Waals surface area (Å²) in [6.45, 7) is 4.15. The summed E-state index contributed by atoms with van der Waals surface area (Å²) in [5, 5.41) is 15.9. The number of carboxylic acid groups (broad SMARTS) is 1. The van der Waals surface area contributed by atoms with E-state index in [1.54, 1.807) is 18.7 Å². The summed E-state index contributed by atoms with van der Waals surface area (Å²) in [5.41, 5.74) is 1.93. The van der Waals surface area contributed by atoms with E-state index in [-0.39, 0.29) is 12.6 Å². The Bertz CT molecular complexity index is 484. The predicted molar refractivity (Wildman–Crippen MR) is 74.3 cm³/mol. The molecule has 1 atom stereocenters. The summed E-state index contributed by atoms with van der Waals surface area (Å²) in [7, 11) is 3.42. The molecule has 0 spiro atoms. The molecule has 0 bridgehead atoms. The van der Waals surface area contributed by atoms with Crippen LogP contribution >= 0.6 is 0 Å². The molecule has 1 heterocycles. The average molecular weight is 282 g/mol. The Balaban J connectivity index is 2.52. The van der Waals surface area contributed by atoms with Gasteiger partial charge in [0.05, 0.1) is 11.6 Å². The smallest absolute Gasteiger partial charge is 0.317 e. The highest BCUT2D eigenvalue weighted by Gasteiger charge is 2.17. The van der Waals surface area contributed by atoms with Crippen molar-refractivity contribution in [2.24, 2.45) is 13.0 Å². The minimum absolute atomic E-state index is 0.175. The molecule has 0 radical (unpaired) electrons. The second-order valence-corrected chi connectivity index (χ2v) is 4.91. The molecule has 20 heavy (non-hydrogen) atoms. The molecule has 0 aromatic carbocycles. The maximum absolute atomic E-state index is 11.9. The minimum Gasteiger partial charge on any atom is -0.481 e. The number of aliphatic carboxylic acids is 1. The Morgan fingerprint density at radius 2 is 2.20 bits per heavy atom. The number of carboxylic acids is 1. The number of hydrogen-bond acceptors (Lipinski definition) is 3. The second kappa shape index (κ2) is 6.93. The van der Waals surface area contributed by atoms with Gasteiger partial charge in [0, 0.05) is 38.9 Å². The number of amides is 2. The van der Waals surface area contributed by atoms with Crippen molar-refractivity contribution in [2.45, 2.75) is 26.8 Å². The topological polar surface area (TPSA) is 87.5 Å². The third kappa shape index (κ3) is 4.25. The van der Waals surface area contributed by atoms with Gasteiger partial charge in [-0.1, -0.05) is 13.8 Å². The highest BCUT2D eigenvalue weighted by Crippen LogP contribution is 2.07. The van der Waals surface area contributed by atoms with Crippen molar-refractivity contribution in [3.05, 3.63) is 17.5 Å². The Kier molecular flexibility index (Phi) is 5.54. The molecule has 0 saturated heterocycles. The van der Waals surface area contributed by atoms with Crippen LogP contribution < -0.4 is 5.32 Å². The zero-order valence-corrected chi connectivity index (χ0v) is 12.4. The number of urea groups is 1. The number of aromatic nitrogens is 2. The van der Waals surface area contributed by atoms with Crippen molar-refractivity contribution in [3.63, 3.8) is 0 Å². The van der Waals surface area contributed by atoms with Gasteiger partial charge in [-0.25, -0.2) is 4.79 Å². The van der Waals surface area contributed by atoms with Gasteiger partial charge in [0.15, 0.2) is 0 Å². The Labute approximate surface area is 118 Å². The Hall–Kier alpha value is -2.05. The molecule has 1 aromatic rings. The number of carbonyl (C=O) groups is 2. The quantitative estimate of drug-likeness (QED) is 0.809. The van der Waals surface area contributed by atoms with E-state index in [2.05, 4.69) is 10.4 Å². The van der Waals surface area contributed by atoms with Crippen molar-refractivity contribution in [3.8, 4) is 0 Å². The van der Waals surface area contributed by atoms with Crippen LogP contribution in [0.3, 0.4) is 0 Å². The van der Waals surface area contributed by atoms with Gasteiger partial charge in [0.2, 0.25) is 0 Å². The van der Waals surface area contributed by atoms with Gasteiger partial charge in [-0.05, 0) is 6.42 Å². The van der Waals surface area contributed by atoms with E-state index in [0.29, 0.717) is 6.54 Å². The van der Waals surface area contributed by atoms with E-state index >= 15 is 0 Å². The van der Waals surface area contributed by atoms with E-state index < -0.39 is 11.9 Å². The highest BCUT2D eigenvalue weighted by atomic mass is 16.4. The van der Waals surface area contributed by atoms with Crippen molar-refractivity contribution in [2.75, 3.05) is 13.6 Å². The first kappa shape index (κ1) is 16.0. The highest BCUT2D eigenvalue weighted by molar-refractivity contribution is 5.75. The van der Waals surface area contributed by atoms with E-state index in [0.717, 1.165) is 17.7 Å². The monoisotopic (exact) mass is 282 g/mol. The maximum atomic E-state index is 11.9. The fraction of sp³-hybridized carbons (Fsp3) is 0.615. The van der Waals surface area contributed by atoms with Gasteiger partial charge in [0.1, 0.15) is 0 Å². The molecule has 2 N–H and O–H groups in total. The molecule has 1 aromatic heterocycles. The fourth-order valence-corrected chi connectivity index (χ4v) is 1.91. The van der Waals surface area contributed by atoms with E-state index in [9.17, 15) is 9.59 Å². The maximum Gasteiger partial charge on any atom is 0.317 e. The van der Waals surface area contributed by atoms with E-state index in [4.69, 9.17) is 5.11 Å². The number of nitrogens with zero attached hydrogens (tertiary/aromatic N) is 3. The van der Waals surface area contributed by atoms with Crippen molar-refractivity contribution in [1.82, 2.24) is 20.0 Å². The lowest BCUT2D eigenvalue weighted by atomic mass is 10.2. The number of nitrogens with one attached hydrogen (secondary N) is 1.